The van der Waals surface area contributed by atoms with E-state index in [9.17, 15) is 18.0 Å². The molecule has 0 fully saturated rings. The summed E-state index contributed by atoms with van der Waals surface area (Å²) in [5.41, 5.74) is -1.48. The van der Waals surface area contributed by atoms with E-state index in [-0.39, 0.29) is 23.0 Å². The second-order valence-corrected chi connectivity index (χ2v) is 7.81. The average molecular weight is 384 g/mol. The highest BCUT2D eigenvalue weighted by Gasteiger charge is 2.28. The molecule has 6 nitrogen and oxygen atoms in total. The minimum atomic E-state index is -4.47. The molecule has 138 valence electrons. The summed E-state index contributed by atoms with van der Waals surface area (Å²) in [5.74, 6) is 0.432. The standard InChI is InChI=1S/C20H16O6S/c1-4-13-10-17(19(21)25-15(13)5-2)27(23,24)18-11-14-8-6-12(3)7-9-16(14)26-20(18)22/h4-12H,1-2H2,3H3. The van der Waals surface area contributed by atoms with E-state index in [0.29, 0.717) is 5.56 Å². The van der Waals surface area contributed by atoms with Crippen LogP contribution in [0, 0.1) is 5.92 Å². The van der Waals surface area contributed by atoms with Gasteiger partial charge in [0.05, 0.1) is 0 Å². The molecule has 3 rings (SSSR count). The van der Waals surface area contributed by atoms with E-state index < -0.39 is 30.9 Å². The summed E-state index contributed by atoms with van der Waals surface area (Å²) in [6, 6.07) is 2.30. The Balaban J connectivity index is 2.26. The van der Waals surface area contributed by atoms with Gasteiger partial charge in [-0.15, -0.1) is 0 Å². The number of allylic oxidation sites excluding steroid dienone is 2. The maximum Gasteiger partial charge on any atom is 0.355 e. The average Bonchev–Trinajstić information content (AvgIpc) is 2.82. The summed E-state index contributed by atoms with van der Waals surface area (Å²) < 4.78 is 36.1. The normalized spacial score (nSPS) is 15.8. The Labute approximate surface area is 155 Å². The van der Waals surface area contributed by atoms with E-state index in [1.165, 1.54) is 18.2 Å². The molecule has 1 atom stereocenters. The number of hydrogen-bond donors (Lipinski definition) is 0. The number of hydrogen-bond acceptors (Lipinski definition) is 6. The zero-order chi connectivity index (χ0) is 19.8. The van der Waals surface area contributed by atoms with Crippen LogP contribution in [0.2, 0.25) is 0 Å². The van der Waals surface area contributed by atoms with Crippen LogP contribution in [0.1, 0.15) is 29.6 Å². The summed E-state index contributed by atoms with van der Waals surface area (Å²) >= 11 is 0. The number of fused-ring (bicyclic) bond motifs is 1. The van der Waals surface area contributed by atoms with Crippen LogP contribution in [-0.2, 0) is 9.84 Å². The number of rotatable bonds is 4. The zero-order valence-electron chi connectivity index (χ0n) is 14.5. The molecule has 27 heavy (non-hydrogen) atoms. The molecule has 7 heteroatoms. The summed E-state index contributed by atoms with van der Waals surface area (Å²) in [6.45, 7) is 8.98. The molecule has 1 aliphatic rings. The molecule has 2 aromatic rings. The predicted octanol–water partition coefficient (Wildman–Crippen LogP) is 3.39. The molecule has 0 N–H and O–H groups in total. The second kappa shape index (κ2) is 6.85. The molecule has 0 amide bonds. The van der Waals surface area contributed by atoms with E-state index in [0.717, 1.165) is 6.07 Å². The predicted molar refractivity (Wildman–Crippen MR) is 103 cm³/mol. The Bertz CT molecular complexity index is 1220. The second-order valence-electron chi connectivity index (χ2n) is 5.92. The Morgan fingerprint density at radius 1 is 0.963 bits per heavy atom. The van der Waals surface area contributed by atoms with E-state index >= 15 is 0 Å². The summed E-state index contributed by atoms with van der Waals surface area (Å²) in [4.78, 5) is 23.2. The molecular weight excluding hydrogens is 368 g/mol. The molecule has 2 aromatic heterocycles. The van der Waals surface area contributed by atoms with Crippen LogP contribution in [0.15, 0.2) is 65.7 Å². The third-order valence-electron chi connectivity index (χ3n) is 4.06. The molecule has 2 heterocycles. The summed E-state index contributed by atoms with van der Waals surface area (Å²) in [6.07, 6.45) is 9.53. The van der Waals surface area contributed by atoms with Gasteiger partial charge in [-0.05, 0) is 30.2 Å². The lowest BCUT2D eigenvalue weighted by molar-refractivity contribution is 0.470. The van der Waals surface area contributed by atoms with Crippen LogP contribution in [0.5, 0.6) is 0 Å². The van der Waals surface area contributed by atoms with Crippen molar-refractivity contribution in [2.75, 3.05) is 0 Å². The van der Waals surface area contributed by atoms with Crippen LogP contribution >= 0.6 is 0 Å². The first-order valence-electron chi connectivity index (χ1n) is 8.00. The fourth-order valence-electron chi connectivity index (χ4n) is 2.59. The zero-order valence-corrected chi connectivity index (χ0v) is 15.3. The molecule has 1 unspecified atom stereocenters. The van der Waals surface area contributed by atoms with Crippen molar-refractivity contribution in [2.45, 2.75) is 16.7 Å². The largest absolute Gasteiger partial charge is 0.422 e. The Kier molecular flexibility index (Phi) is 4.72. The molecule has 0 saturated heterocycles. The van der Waals surface area contributed by atoms with Crippen molar-refractivity contribution in [3.8, 4) is 0 Å². The van der Waals surface area contributed by atoms with Crippen molar-refractivity contribution in [2.24, 2.45) is 5.92 Å². The molecule has 1 aliphatic carbocycles. The molecule has 0 aliphatic heterocycles. The van der Waals surface area contributed by atoms with Crippen molar-refractivity contribution < 1.29 is 17.3 Å². The minimum Gasteiger partial charge on any atom is -0.422 e. The van der Waals surface area contributed by atoms with E-state index in [1.807, 2.05) is 19.1 Å². The van der Waals surface area contributed by atoms with Crippen molar-refractivity contribution in [1.29, 1.82) is 0 Å². The van der Waals surface area contributed by atoms with Gasteiger partial charge in [0.15, 0.2) is 9.79 Å². The third-order valence-corrected chi connectivity index (χ3v) is 5.79. The molecule has 0 saturated carbocycles. The smallest absolute Gasteiger partial charge is 0.355 e. The Morgan fingerprint density at radius 2 is 1.59 bits per heavy atom. The quantitative estimate of drug-likeness (QED) is 0.802. The van der Waals surface area contributed by atoms with Crippen LogP contribution in [0.25, 0.3) is 24.3 Å². The SMILES string of the molecule is C=Cc1cc(S(=O)(=O)c2cc3c(oc2=O)C=CC(C)C=C3)c(=O)oc1C=C. The highest BCUT2D eigenvalue weighted by molar-refractivity contribution is 7.91. The van der Waals surface area contributed by atoms with Gasteiger partial charge in [-0.2, -0.15) is 0 Å². The minimum absolute atomic E-state index is 0.0879. The van der Waals surface area contributed by atoms with Gasteiger partial charge in [0.2, 0.25) is 9.84 Å². The molecule has 0 radical (unpaired) electrons. The first-order chi connectivity index (χ1) is 12.8. The van der Waals surface area contributed by atoms with Crippen LogP contribution < -0.4 is 11.3 Å². The lowest BCUT2D eigenvalue weighted by Gasteiger charge is -2.07. The molecule has 0 aromatic carbocycles. The van der Waals surface area contributed by atoms with Crippen molar-refractivity contribution >= 4 is 34.1 Å². The topological polar surface area (TPSA) is 94.6 Å². The van der Waals surface area contributed by atoms with Gasteiger partial charge in [0.25, 0.3) is 0 Å². The van der Waals surface area contributed by atoms with Crippen molar-refractivity contribution in [1.82, 2.24) is 0 Å². The summed E-state index contributed by atoms with van der Waals surface area (Å²) in [7, 11) is -4.47. The lowest BCUT2D eigenvalue weighted by Crippen LogP contribution is -2.21. The van der Waals surface area contributed by atoms with Crippen LogP contribution in [0.4, 0.5) is 0 Å². The Hall–Kier alpha value is -3.19. The highest BCUT2D eigenvalue weighted by Crippen LogP contribution is 2.24. The van der Waals surface area contributed by atoms with Gasteiger partial charge in [-0.3, -0.25) is 0 Å². The fourth-order valence-corrected chi connectivity index (χ4v) is 3.92. The first kappa shape index (κ1) is 18.6. The molecule has 0 bridgehead atoms. The van der Waals surface area contributed by atoms with Gasteiger partial charge in [0, 0.05) is 11.1 Å². The van der Waals surface area contributed by atoms with Gasteiger partial charge in [-0.25, -0.2) is 18.0 Å². The van der Waals surface area contributed by atoms with Crippen molar-refractivity contribution in [3.05, 3.63) is 80.9 Å². The fraction of sp³-hybridized carbons (Fsp3) is 0.100. The maximum absolute atomic E-state index is 13.0. The lowest BCUT2D eigenvalue weighted by atomic mass is 10.1. The maximum atomic E-state index is 13.0. The van der Waals surface area contributed by atoms with Gasteiger partial charge >= 0.3 is 11.3 Å². The monoisotopic (exact) mass is 384 g/mol. The first-order valence-corrected chi connectivity index (χ1v) is 9.49. The van der Waals surface area contributed by atoms with E-state index in [1.54, 1.807) is 12.2 Å². The number of sulfone groups is 1. The molecular formula is C20H16O6S. The van der Waals surface area contributed by atoms with E-state index in [2.05, 4.69) is 13.2 Å². The molecule has 0 spiro atoms. The Morgan fingerprint density at radius 3 is 2.26 bits per heavy atom. The van der Waals surface area contributed by atoms with Gasteiger partial charge < -0.3 is 8.83 Å². The highest BCUT2D eigenvalue weighted by atomic mass is 32.2. The third kappa shape index (κ3) is 3.29. The van der Waals surface area contributed by atoms with Gasteiger partial charge in [-0.1, -0.05) is 44.4 Å². The van der Waals surface area contributed by atoms with Gasteiger partial charge in [0.1, 0.15) is 11.5 Å². The van der Waals surface area contributed by atoms with Crippen molar-refractivity contribution in [3.63, 3.8) is 0 Å². The van der Waals surface area contributed by atoms with Crippen LogP contribution in [0.3, 0.4) is 0 Å². The van der Waals surface area contributed by atoms with E-state index in [4.69, 9.17) is 8.83 Å². The summed E-state index contributed by atoms with van der Waals surface area (Å²) in [5, 5.41) is 0. The van der Waals surface area contributed by atoms with Crippen LogP contribution in [-0.4, -0.2) is 8.42 Å².